The Bertz CT molecular complexity index is 409. The van der Waals surface area contributed by atoms with E-state index in [1.807, 2.05) is 6.92 Å². The molecule has 4 heteroatoms. The molecule has 1 aliphatic carbocycles. The van der Waals surface area contributed by atoms with Crippen molar-refractivity contribution in [2.24, 2.45) is 10.8 Å². The number of nitrogens with zero attached hydrogens (tertiary/aromatic N) is 1. The maximum absolute atomic E-state index is 12.9. The SMILES string of the molecule is C[C@H]1OCCN[C@@H]1C(=O)N1CC2(C)CC1CC(C)(C)C2. The maximum Gasteiger partial charge on any atom is 0.242 e. The highest BCUT2D eigenvalue weighted by molar-refractivity contribution is 5.83. The van der Waals surface area contributed by atoms with E-state index in [4.69, 9.17) is 4.74 Å². The molecule has 2 aliphatic heterocycles. The summed E-state index contributed by atoms with van der Waals surface area (Å²) in [5.74, 6) is 0.253. The fraction of sp³-hybridized carbons (Fsp3) is 0.938. The van der Waals surface area contributed by atoms with E-state index in [1.165, 1.54) is 12.8 Å². The number of likely N-dealkylation sites (tertiary alicyclic amines) is 1. The van der Waals surface area contributed by atoms with Crippen LogP contribution in [0.4, 0.5) is 0 Å². The molecule has 20 heavy (non-hydrogen) atoms. The van der Waals surface area contributed by atoms with Crippen LogP contribution in [0, 0.1) is 10.8 Å². The predicted octanol–water partition coefficient (Wildman–Crippen LogP) is 1.79. The van der Waals surface area contributed by atoms with E-state index in [1.54, 1.807) is 0 Å². The number of carbonyl (C=O) groups excluding carboxylic acids is 1. The van der Waals surface area contributed by atoms with Crippen LogP contribution >= 0.6 is 0 Å². The minimum atomic E-state index is -0.158. The fourth-order valence-corrected chi connectivity index (χ4v) is 4.91. The predicted molar refractivity (Wildman–Crippen MR) is 78.4 cm³/mol. The third-order valence-electron chi connectivity index (χ3n) is 5.28. The molecular weight excluding hydrogens is 252 g/mol. The molecule has 0 radical (unpaired) electrons. The summed E-state index contributed by atoms with van der Waals surface area (Å²) in [5, 5.41) is 3.34. The first-order valence-electron chi connectivity index (χ1n) is 7.95. The van der Waals surface area contributed by atoms with Gasteiger partial charge in [0.2, 0.25) is 5.91 Å². The van der Waals surface area contributed by atoms with Crippen LogP contribution in [0.15, 0.2) is 0 Å². The second-order valence-electron chi connectivity index (χ2n) is 8.19. The summed E-state index contributed by atoms with van der Waals surface area (Å²) in [5.41, 5.74) is 0.662. The van der Waals surface area contributed by atoms with E-state index in [-0.39, 0.29) is 18.1 Å². The quantitative estimate of drug-likeness (QED) is 0.796. The molecule has 114 valence electrons. The Labute approximate surface area is 122 Å². The van der Waals surface area contributed by atoms with Crippen LogP contribution in [0.5, 0.6) is 0 Å². The average Bonchev–Trinajstić information content (AvgIpc) is 2.58. The van der Waals surface area contributed by atoms with Crippen molar-refractivity contribution in [3.8, 4) is 0 Å². The number of amides is 1. The lowest BCUT2D eigenvalue weighted by Crippen LogP contribution is -2.57. The van der Waals surface area contributed by atoms with Crippen molar-refractivity contribution in [2.45, 2.75) is 65.1 Å². The van der Waals surface area contributed by atoms with Gasteiger partial charge in [-0.15, -0.1) is 0 Å². The highest BCUT2D eigenvalue weighted by Crippen LogP contribution is 2.52. The molecule has 1 amide bonds. The number of fused-ring (bicyclic) bond motifs is 2. The molecule has 1 N–H and O–H groups in total. The molecule has 3 aliphatic rings. The summed E-state index contributed by atoms with van der Waals surface area (Å²) in [6, 6.07) is 0.266. The summed E-state index contributed by atoms with van der Waals surface area (Å²) in [6.07, 6.45) is 3.52. The molecule has 0 aromatic carbocycles. The van der Waals surface area contributed by atoms with Crippen LogP contribution in [-0.4, -0.2) is 48.7 Å². The third-order valence-corrected chi connectivity index (χ3v) is 5.28. The first-order valence-corrected chi connectivity index (χ1v) is 7.95. The zero-order chi connectivity index (χ0) is 14.5. The summed E-state index contributed by atoms with van der Waals surface area (Å²) in [4.78, 5) is 15.0. The molecule has 2 unspecified atom stereocenters. The topological polar surface area (TPSA) is 41.6 Å². The van der Waals surface area contributed by atoms with E-state index >= 15 is 0 Å². The summed E-state index contributed by atoms with van der Waals surface area (Å²) >= 11 is 0. The van der Waals surface area contributed by atoms with E-state index in [0.29, 0.717) is 23.5 Å². The Morgan fingerprint density at radius 2 is 2.05 bits per heavy atom. The fourth-order valence-electron chi connectivity index (χ4n) is 4.91. The lowest BCUT2D eigenvalue weighted by Gasteiger charge is -2.40. The molecule has 0 aromatic heterocycles. The normalized spacial score (nSPS) is 43.6. The smallest absolute Gasteiger partial charge is 0.242 e. The van der Waals surface area contributed by atoms with Gasteiger partial charge < -0.3 is 15.0 Å². The highest BCUT2D eigenvalue weighted by Gasteiger charge is 2.52. The molecule has 4 nitrogen and oxygen atoms in total. The average molecular weight is 280 g/mol. The van der Waals surface area contributed by atoms with Gasteiger partial charge in [0, 0.05) is 19.1 Å². The first kappa shape index (κ1) is 14.3. The van der Waals surface area contributed by atoms with Crippen LogP contribution in [0.1, 0.15) is 47.0 Å². The number of rotatable bonds is 1. The summed E-state index contributed by atoms with van der Waals surface area (Å²) in [7, 11) is 0. The van der Waals surface area contributed by atoms with Gasteiger partial charge in [-0.2, -0.15) is 0 Å². The van der Waals surface area contributed by atoms with Gasteiger partial charge in [0.05, 0.1) is 12.7 Å². The number of ether oxygens (including phenoxy) is 1. The summed E-state index contributed by atoms with van der Waals surface area (Å²) in [6.45, 7) is 11.4. The van der Waals surface area contributed by atoms with E-state index in [9.17, 15) is 4.79 Å². The van der Waals surface area contributed by atoms with Crippen LogP contribution in [0.3, 0.4) is 0 Å². The molecule has 1 saturated carbocycles. The minimum absolute atomic E-state index is 0.0162. The van der Waals surface area contributed by atoms with Crippen molar-refractivity contribution < 1.29 is 9.53 Å². The van der Waals surface area contributed by atoms with E-state index in [2.05, 4.69) is 31.0 Å². The van der Waals surface area contributed by atoms with Crippen LogP contribution in [0.25, 0.3) is 0 Å². The number of hydrogen-bond donors (Lipinski definition) is 1. The Kier molecular flexibility index (Phi) is 3.37. The van der Waals surface area contributed by atoms with Gasteiger partial charge in [-0.1, -0.05) is 20.8 Å². The number of hydrogen-bond acceptors (Lipinski definition) is 3. The van der Waals surface area contributed by atoms with Crippen molar-refractivity contribution >= 4 is 5.91 Å². The largest absolute Gasteiger partial charge is 0.375 e. The van der Waals surface area contributed by atoms with Crippen molar-refractivity contribution in [3.63, 3.8) is 0 Å². The van der Waals surface area contributed by atoms with Crippen molar-refractivity contribution in [1.29, 1.82) is 0 Å². The standard InChI is InChI=1S/C16H28N2O2/c1-11-13(17-5-6-20-11)14(19)18-10-16(4)8-12(18)7-15(2,3)9-16/h11-13,17H,5-10H2,1-4H3/t11-,12?,13+,16?/m1/s1. The first-order chi connectivity index (χ1) is 9.30. The van der Waals surface area contributed by atoms with E-state index in [0.717, 1.165) is 19.5 Å². The van der Waals surface area contributed by atoms with Gasteiger partial charge in [-0.3, -0.25) is 4.79 Å². The monoisotopic (exact) mass is 280 g/mol. The molecule has 4 atom stereocenters. The van der Waals surface area contributed by atoms with Gasteiger partial charge in [-0.25, -0.2) is 0 Å². The van der Waals surface area contributed by atoms with Gasteiger partial charge in [0.25, 0.3) is 0 Å². The molecule has 2 bridgehead atoms. The molecule has 3 fully saturated rings. The molecular formula is C16H28N2O2. The Hall–Kier alpha value is -0.610. The molecule has 0 aromatic rings. The minimum Gasteiger partial charge on any atom is -0.375 e. The second-order valence-corrected chi connectivity index (χ2v) is 8.19. The number of morpholine rings is 1. The van der Waals surface area contributed by atoms with Crippen molar-refractivity contribution in [1.82, 2.24) is 10.2 Å². The lowest BCUT2D eigenvalue weighted by molar-refractivity contribution is -0.140. The lowest BCUT2D eigenvalue weighted by atomic mass is 9.65. The zero-order valence-electron chi connectivity index (χ0n) is 13.2. The molecule has 0 spiro atoms. The Morgan fingerprint density at radius 1 is 1.30 bits per heavy atom. The van der Waals surface area contributed by atoms with Crippen molar-refractivity contribution in [3.05, 3.63) is 0 Å². The van der Waals surface area contributed by atoms with Crippen LogP contribution in [-0.2, 0) is 9.53 Å². The van der Waals surface area contributed by atoms with Crippen LogP contribution in [0.2, 0.25) is 0 Å². The Morgan fingerprint density at radius 3 is 2.75 bits per heavy atom. The second kappa shape index (κ2) is 4.70. The van der Waals surface area contributed by atoms with Gasteiger partial charge >= 0.3 is 0 Å². The van der Waals surface area contributed by atoms with Crippen molar-refractivity contribution in [2.75, 3.05) is 19.7 Å². The molecule has 2 saturated heterocycles. The van der Waals surface area contributed by atoms with Crippen LogP contribution < -0.4 is 5.32 Å². The number of carbonyl (C=O) groups is 1. The van der Waals surface area contributed by atoms with Gasteiger partial charge in [-0.05, 0) is 37.0 Å². The third kappa shape index (κ3) is 2.48. The molecule has 2 heterocycles. The maximum atomic E-state index is 12.9. The number of nitrogens with one attached hydrogen (secondary N) is 1. The van der Waals surface area contributed by atoms with Gasteiger partial charge in [0.15, 0.2) is 0 Å². The summed E-state index contributed by atoms with van der Waals surface area (Å²) < 4.78 is 5.64. The molecule has 3 rings (SSSR count). The highest BCUT2D eigenvalue weighted by atomic mass is 16.5. The zero-order valence-corrected chi connectivity index (χ0v) is 13.2. The van der Waals surface area contributed by atoms with E-state index < -0.39 is 0 Å². The Balaban J connectivity index is 1.76. The van der Waals surface area contributed by atoms with Gasteiger partial charge in [0.1, 0.15) is 6.04 Å².